The Morgan fingerprint density at radius 1 is 1.59 bits per heavy atom. The third kappa shape index (κ3) is 3.99. The van der Waals surface area contributed by atoms with E-state index < -0.39 is 0 Å². The van der Waals surface area contributed by atoms with Gasteiger partial charge in [0.05, 0.1) is 11.9 Å². The number of pyridine rings is 1. The van der Waals surface area contributed by atoms with E-state index in [1.807, 2.05) is 0 Å². The molecule has 0 saturated heterocycles. The fourth-order valence-corrected chi connectivity index (χ4v) is 1.46. The second-order valence-electron chi connectivity index (χ2n) is 3.75. The van der Waals surface area contributed by atoms with Gasteiger partial charge in [0, 0.05) is 38.8 Å². The number of anilines is 1. The minimum Gasteiger partial charge on any atom is -0.389 e. The third-order valence-electron chi connectivity index (χ3n) is 2.24. The maximum atomic E-state index is 11.4. The Hall–Kier alpha value is -1.69. The summed E-state index contributed by atoms with van der Waals surface area (Å²) in [6.07, 6.45) is 3.69. The van der Waals surface area contributed by atoms with Gasteiger partial charge in [-0.25, -0.2) is 0 Å². The minimum atomic E-state index is 0.0678. The highest BCUT2D eigenvalue weighted by Gasteiger charge is 2.06. The molecule has 1 heterocycles. The molecule has 17 heavy (non-hydrogen) atoms. The largest absolute Gasteiger partial charge is 0.389 e. The number of rotatable bonds is 5. The van der Waals surface area contributed by atoms with E-state index in [0.29, 0.717) is 18.0 Å². The maximum absolute atomic E-state index is 11.4. The molecule has 92 valence electrons. The molecule has 1 rings (SSSR count). The predicted molar refractivity (Wildman–Crippen MR) is 71.9 cm³/mol. The fourth-order valence-electron chi connectivity index (χ4n) is 1.28. The molecule has 1 aromatic heterocycles. The summed E-state index contributed by atoms with van der Waals surface area (Å²) in [5, 5.41) is 3.10. The predicted octanol–water partition coefficient (Wildman–Crippen LogP) is 0.606. The number of nitrogens with zero attached hydrogens (tertiary/aromatic N) is 2. The van der Waals surface area contributed by atoms with E-state index in [9.17, 15) is 4.79 Å². The molecule has 0 unspecified atom stereocenters. The Bertz CT molecular complexity index is 420. The molecule has 0 spiro atoms. The van der Waals surface area contributed by atoms with Gasteiger partial charge in [-0.3, -0.25) is 9.78 Å². The highest BCUT2D eigenvalue weighted by molar-refractivity contribution is 7.80. The van der Waals surface area contributed by atoms with Crippen molar-refractivity contribution in [1.82, 2.24) is 9.88 Å². The number of nitrogens with one attached hydrogen (secondary N) is 1. The van der Waals surface area contributed by atoms with Crippen molar-refractivity contribution < 1.29 is 4.79 Å². The molecule has 1 aromatic rings. The first-order chi connectivity index (χ1) is 8.02. The zero-order valence-corrected chi connectivity index (χ0v) is 10.8. The van der Waals surface area contributed by atoms with Crippen LogP contribution in [0.4, 0.5) is 5.69 Å². The lowest BCUT2D eigenvalue weighted by Gasteiger charge is -2.12. The normalized spacial score (nSPS) is 9.76. The molecule has 0 radical (unpaired) electrons. The number of hydrogen-bond donors (Lipinski definition) is 2. The Morgan fingerprint density at radius 2 is 2.29 bits per heavy atom. The van der Waals surface area contributed by atoms with Crippen LogP contribution in [0.1, 0.15) is 12.0 Å². The Morgan fingerprint density at radius 3 is 2.88 bits per heavy atom. The van der Waals surface area contributed by atoms with Crippen molar-refractivity contribution in [3.8, 4) is 0 Å². The van der Waals surface area contributed by atoms with Crippen molar-refractivity contribution in [1.29, 1.82) is 0 Å². The summed E-state index contributed by atoms with van der Waals surface area (Å²) in [6, 6.07) is 1.75. The Balaban J connectivity index is 2.58. The van der Waals surface area contributed by atoms with Crippen molar-refractivity contribution in [2.75, 3.05) is 26.0 Å². The average Bonchev–Trinajstić information content (AvgIpc) is 2.29. The summed E-state index contributed by atoms with van der Waals surface area (Å²) >= 11 is 4.93. The molecule has 3 N–H and O–H groups in total. The summed E-state index contributed by atoms with van der Waals surface area (Å²) in [4.78, 5) is 17.2. The standard InChI is InChI=1S/C11H16N4OS/c1-15(2)10(16)4-6-14-9-7-13-5-3-8(9)11(12)17/h3,5,7,14H,4,6H2,1-2H3,(H2,12,17). The van der Waals surface area contributed by atoms with Crippen LogP contribution in [0.15, 0.2) is 18.5 Å². The van der Waals surface area contributed by atoms with E-state index in [1.54, 1.807) is 37.5 Å². The number of carbonyl (C=O) groups excluding carboxylic acids is 1. The van der Waals surface area contributed by atoms with Gasteiger partial charge < -0.3 is 16.0 Å². The van der Waals surface area contributed by atoms with Crippen LogP contribution in [0.2, 0.25) is 0 Å². The van der Waals surface area contributed by atoms with Crippen LogP contribution < -0.4 is 11.1 Å². The van der Waals surface area contributed by atoms with Crippen LogP contribution >= 0.6 is 12.2 Å². The molecular weight excluding hydrogens is 236 g/mol. The summed E-state index contributed by atoms with van der Waals surface area (Å²) in [5.74, 6) is 0.0678. The Kier molecular flexibility index (Phi) is 4.84. The van der Waals surface area contributed by atoms with E-state index in [1.165, 1.54) is 0 Å². The van der Waals surface area contributed by atoms with E-state index >= 15 is 0 Å². The highest BCUT2D eigenvalue weighted by atomic mass is 32.1. The lowest BCUT2D eigenvalue weighted by molar-refractivity contribution is -0.128. The first-order valence-electron chi connectivity index (χ1n) is 5.20. The molecule has 0 aromatic carbocycles. The molecule has 0 aliphatic carbocycles. The van der Waals surface area contributed by atoms with E-state index in [0.717, 1.165) is 11.3 Å². The van der Waals surface area contributed by atoms with Gasteiger partial charge >= 0.3 is 0 Å². The SMILES string of the molecule is CN(C)C(=O)CCNc1cnccc1C(N)=S. The number of amides is 1. The lowest BCUT2D eigenvalue weighted by Crippen LogP contribution is -2.24. The maximum Gasteiger partial charge on any atom is 0.223 e. The third-order valence-corrected chi connectivity index (χ3v) is 2.46. The topological polar surface area (TPSA) is 71.2 Å². The van der Waals surface area contributed by atoms with Gasteiger partial charge in [0.2, 0.25) is 5.91 Å². The smallest absolute Gasteiger partial charge is 0.223 e. The fraction of sp³-hybridized carbons (Fsp3) is 0.364. The molecule has 0 aliphatic rings. The van der Waals surface area contributed by atoms with Crippen molar-refractivity contribution in [3.05, 3.63) is 24.0 Å². The monoisotopic (exact) mass is 252 g/mol. The minimum absolute atomic E-state index is 0.0678. The number of carbonyl (C=O) groups is 1. The van der Waals surface area contributed by atoms with Crippen molar-refractivity contribution in [2.24, 2.45) is 5.73 Å². The molecule has 0 saturated carbocycles. The van der Waals surface area contributed by atoms with Gasteiger partial charge in [-0.05, 0) is 6.07 Å². The van der Waals surface area contributed by atoms with E-state index in [2.05, 4.69) is 10.3 Å². The molecular formula is C11H16N4OS. The van der Waals surface area contributed by atoms with E-state index in [4.69, 9.17) is 18.0 Å². The zero-order valence-electron chi connectivity index (χ0n) is 9.93. The van der Waals surface area contributed by atoms with Crippen LogP contribution in [0.25, 0.3) is 0 Å². The summed E-state index contributed by atoms with van der Waals surface area (Å²) in [7, 11) is 3.46. The van der Waals surface area contributed by atoms with Crippen LogP contribution in [-0.2, 0) is 4.79 Å². The van der Waals surface area contributed by atoms with Gasteiger partial charge in [0.15, 0.2) is 0 Å². The molecule has 0 aliphatic heterocycles. The van der Waals surface area contributed by atoms with Gasteiger partial charge in [-0.2, -0.15) is 0 Å². The van der Waals surface area contributed by atoms with Crippen molar-refractivity contribution >= 4 is 28.8 Å². The quantitative estimate of drug-likeness (QED) is 0.751. The van der Waals surface area contributed by atoms with Gasteiger partial charge in [-0.15, -0.1) is 0 Å². The number of hydrogen-bond acceptors (Lipinski definition) is 4. The Labute approximate surface area is 106 Å². The summed E-state index contributed by atoms with van der Waals surface area (Å²) in [6.45, 7) is 0.526. The second kappa shape index (κ2) is 6.15. The lowest BCUT2D eigenvalue weighted by atomic mass is 10.2. The number of aromatic nitrogens is 1. The van der Waals surface area contributed by atoms with Crippen molar-refractivity contribution in [3.63, 3.8) is 0 Å². The molecule has 0 atom stereocenters. The van der Waals surface area contributed by atoms with E-state index in [-0.39, 0.29) is 5.91 Å². The zero-order chi connectivity index (χ0) is 12.8. The van der Waals surface area contributed by atoms with Crippen LogP contribution in [-0.4, -0.2) is 41.4 Å². The first kappa shape index (κ1) is 13.4. The van der Waals surface area contributed by atoms with Crippen molar-refractivity contribution in [2.45, 2.75) is 6.42 Å². The highest BCUT2D eigenvalue weighted by Crippen LogP contribution is 2.12. The average molecular weight is 252 g/mol. The molecule has 0 fully saturated rings. The van der Waals surface area contributed by atoms with Gasteiger partial charge in [0.1, 0.15) is 4.99 Å². The van der Waals surface area contributed by atoms with Crippen LogP contribution in [0, 0.1) is 0 Å². The number of nitrogens with two attached hydrogens (primary N) is 1. The molecule has 1 amide bonds. The first-order valence-corrected chi connectivity index (χ1v) is 5.61. The van der Waals surface area contributed by atoms with Gasteiger partial charge in [-0.1, -0.05) is 12.2 Å². The molecule has 6 heteroatoms. The van der Waals surface area contributed by atoms with Crippen LogP contribution in [0.5, 0.6) is 0 Å². The molecule has 5 nitrogen and oxygen atoms in total. The van der Waals surface area contributed by atoms with Crippen LogP contribution in [0.3, 0.4) is 0 Å². The molecule has 0 bridgehead atoms. The summed E-state index contributed by atoms with van der Waals surface area (Å²) < 4.78 is 0. The second-order valence-corrected chi connectivity index (χ2v) is 4.19. The summed E-state index contributed by atoms with van der Waals surface area (Å²) in [5.41, 5.74) is 7.08. The number of thiocarbonyl (C=S) groups is 1. The van der Waals surface area contributed by atoms with Gasteiger partial charge in [0.25, 0.3) is 0 Å².